The molecule has 1 aromatic carbocycles. The third kappa shape index (κ3) is 4.99. The summed E-state index contributed by atoms with van der Waals surface area (Å²) in [7, 11) is 0. The van der Waals surface area contributed by atoms with Gasteiger partial charge in [0.2, 0.25) is 11.8 Å². The highest BCUT2D eigenvalue weighted by molar-refractivity contribution is 5.95. The minimum absolute atomic E-state index is 0.0212. The third-order valence-electron chi connectivity index (χ3n) is 5.72. The summed E-state index contributed by atoms with van der Waals surface area (Å²) in [6, 6.07) is 12.2. The van der Waals surface area contributed by atoms with Crippen molar-refractivity contribution in [1.29, 1.82) is 0 Å². The number of nitrogens with zero attached hydrogens (tertiary/aromatic N) is 4. The Morgan fingerprint density at radius 3 is 2.41 bits per heavy atom. The summed E-state index contributed by atoms with van der Waals surface area (Å²) in [5.41, 5.74) is 1.53. The van der Waals surface area contributed by atoms with Crippen LogP contribution in [-0.4, -0.2) is 65.9 Å². The van der Waals surface area contributed by atoms with Gasteiger partial charge in [-0.1, -0.05) is 36.4 Å². The first-order valence-corrected chi connectivity index (χ1v) is 10.4. The van der Waals surface area contributed by atoms with Crippen LogP contribution in [0.3, 0.4) is 0 Å². The van der Waals surface area contributed by atoms with E-state index in [1.165, 1.54) is 16.5 Å². The standard InChI is InChI=1S/C23H23F3N4O2/c24-23(25,26)19-6-7-20(27-14-19)30-13-12-28(16-22(30)32)15-21(31)29-10-8-18(9-11-29)17-4-2-1-3-5-17/h1-8,14H,9-13,15-16H2. The zero-order valence-electron chi connectivity index (χ0n) is 17.4. The van der Waals surface area contributed by atoms with E-state index in [1.807, 2.05) is 18.2 Å². The number of benzene rings is 1. The zero-order chi connectivity index (χ0) is 22.7. The Morgan fingerprint density at radius 1 is 1.03 bits per heavy atom. The molecule has 0 N–H and O–H groups in total. The number of alkyl halides is 3. The van der Waals surface area contributed by atoms with Crippen LogP contribution in [0.5, 0.6) is 0 Å². The molecule has 0 saturated carbocycles. The molecule has 0 radical (unpaired) electrons. The highest BCUT2D eigenvalue weighted by Crippen LogP contribution is 2.29. The molecule has 0 spiro atoms. The number of hydrogen-bond acceptors (Lipinski definition) is 4. The minimum atomic E-state index is -4.47. The summed E-state index contributed by atoms with van der Waals surface area (Å²) in [4.78, 5) is 33.9. The van der Waals surface area contributed by atoms with Crippen LogP contribution < -0.4 is 4.90 Å². The molecule has 2 aromatic rings. The van der Waals surface area contributed by atoms with Gasteiger partial charge in [0.15, 0.2) is 0 Å². The van der Waals surface area contributed by atoms with Crippen molar-refractivity contribution in [2.24, 2.45) is 0 Å². The van der Waals surface area contributed by atoms with Crippen LogP contribution in [0.1, 0.15) is 17.5 Å². The van der Waals surface area contributed by atoms with Crippen LogP contribution in [0.2, 0.25) is 0 Å². The van der Waals surface area contributed by atoms with Crippen molar-refractivity contribution in [2.45, 2.75) is 12.6 Å². The van der Waals surface area contributed by atoms with Gasteiger partial charge in [-0.25, -0.2) is 4.98 Å². The van der Waals surface area contributed by atoms with E-state index in [-0.39, 0.29) is 37.3 Å². The molecule has 0 aliphatic carbocycles. The van der Waals surface area contributed by atoms with Crippen molar-refractivity contribution in [3.05, 3.63) is 65.9 Å². The van der Waals surface area contributed by atoms with Crippen LogP contribution in [0, 0.1) is 0 Å². The van der Waals surface area contributed by atoms with Gasteiger partial charge in [-0.2, -0.15) is 13.2 Å². The van der Waals surface area contributed by atoms with Crippen LogP contribution in [0.15, 0.2) is 54.7 Å². The van der Waals surface area contributed by atoms with Crippen LogP contribution in [-0.2, 0) is 15.8 Å². The molecule has 1 saturated heterocycles. The molecule has 1 aromatic heterocycles. The van der Waals surface area contributed by atoms with Gasteiger partial charge in [0.25, 0.3) is 0 Å². The number of aromatic nitrogens is 1. The number of halogens is 3. The van der Waals surface area contributed by atoms with E-state index in [1.54, 1.807) is 9.80 Å². The Hall–Kier alpha value is -3.20. The highest BCUT2D eigenvalue weighted by Gasteiger charge is 2.32. The Balaban J connectivity index is 1.30. The lowest BCUT2D eigenvalue weighted by molar-refractivity contribution is -0.138. The zero-order valence-corrected chi connectivity index (χ0v) is 17.4. The lowest BCUT2D eigenvalue weighted by atomic mass is 9.99. The number of anilines is 1. The van der Waals surface area contributed by atoms with Crippen LogP contribution in [0.25, 0.3) is 5.57 Å². The predicted octanol–water partition coefficient (Wildman–Crippen LogP) is 3.06. The molecule has 2 aliphatic heterocycles. The quantitative estimate of drug-likeness (QED) is 0.728. The first-order chi connectivity index (χ1) is 15.3. The van der Waals surface area contributed by atoms with Crippen molar-refractivity contribution in [3.8, 4) is 0 Å². The average Bonchev–Trinajstić information content (AvgIpc) is 2.79. The van der Waals surface area contributed by atoms with E-state index in [4.69, 9.17) is 0 Å². The molecule has 6 nitrogen and oxygen atoms in total. The summed E-state index contributed by atoms with van der Waals surface area (Å²) in [6.45, 7) is 2.03. The average molecular weight is 444 g/mol. The maximum absolute atomic E-state index is 12.7. The summed E-state index contributed by atoms with van der Waals surface area (Å²) in [5.74, 6) is -0.146. The molecular weight excluding hydrogens is 421 g/mol. The predicted molar refractivity (Wildman–Crippen MR) is 114 cm³/mol. The number of pyridine rings is 1. The summed E-state index contributed by atoms with van der Waals surface area (Å²) in [5, 5.41) is 0. The van der Waals surface area contributed by atoms with Crippen molar-refractivity contribution < 1.29 is 22.8 Å². The fraction of sp³-hybridized carbons (Fsp3) is 0.348. The number of rotatable bonds is 4. The molecule has 168 valence electrons. The normalized spacial score (nSPS) is 18.0. The van der Waals surface area contributed by atoms with Gasteiger partial charge in [0, 0.05) is 32.4 Å². The summed E-state index contributed by atoms with van der Waals surface area (Å²) >= 11 is 0. The molecular formula is C23H23F3N4O2. The van der Waals surface area contributed by atoms with Crippen LogP contribution >= 0.6 is 0 Å². The maximum Gasteiger partial charge on any atom is 0.417 e. The lowest BCUT2D eigenvalue weighted by Gasteiger charge is -2.35. The fourth-order valence-electron chi connectivity index (χ4n) is 3.91. The monoisotopic (exact) mass is 444 g/mol. The van der Waals surface area contributed by atoms with Gasteiger partial charge in [0.1, 0.15) is 5.82 Å². The van der Waals surface area contributed by atoms with E-state index in [0.717, 1.165) is 24.2 Å². The third-order valence-corrected chi connectivity index (χ3v) is 5.72. The van der Waals surface area contributed by atoms with Gasteiger partial charge in [-0.3, -0.25) is 19.4 Å². The Labute approximate surface area is 183 Å². The lowest BCUT2D eigenvalue weighted by Crippen LogP contribution is -2.53. The van der Waals surface area contributed by atoms with E-state index in [9.17, 15) is 22.8 Å². The van der Waals surface area contributed by atoms with Crippen molar-refractivity contribution in [2.75, 3.05) is 44.2 Å². The molecule has 1 fully saturated rings. The van der Waals surface area contributed by atoms with Crippen molar-refractivity contribution in [1.82, 2.24) is 14.8 Å². The van der Waals surface area contributed by atoms with E-state index in [0.29, 0.717) is 19.6 Å². The molecule has 9 heteroatoms. The van der Waals surface area contributed by atoms with Gasteiger partial charge >= 0.3 is 6.18 Å². The first kappa shape index (κ1) is 22.0. The Bertz CT molecular complexity index is 1010. The largest absolute Gasteiger partial charge is 0.417 e. The van der Waals surface area contributed by atoms with E-state index >= 15 is 0 Å². The molecule has 2 amide bonds. The van der Waals surface area contributed by atoms with E-state index < -0.39 is 11.7 Å². The molecule has 0 unspecified atom stereocenters. The second-order valence-electron chi connectivity index (χ2n) is 7.84. The maximum atomic E-state index is 12.7. The van der Waals surface area contributed by atoms with Gasteiger partial charge in [0.05, 0.1) is 18.7 Å². The van der Waals surface area contributed by atoms with Crippen LogP contribution in [0.4, 0.5) is 19.0 Å². The SMILES string of the molecule is O=C(CN1CCN(c2ccc(C(F)(F)F)cn2)C(=O)C1)N1CC=C(c2ccccc2)CC1. The number of piperazine rings is 1. The molecule has 3 heterocycles. The van der Waals surface area contributed by atoms with Crippen molar-refractivity contribution >= 4 is 23.2 Å². The highest BCUT2D eigenvalue weighted by atomic mass is 19.4. The summed E-state index contributed by atoms with van der Waals surface area (Å²) < 4.78 is 38.1. The second-order valence-corrected chi connectivity index (χ2v) is 7.84. The summed E-state index contributed by atoms with van der Waals surface area (Å²) in [6.07, 6.45) is -0.898. The Kier molecular flexibility index (Phi) is 6.27. The topological polar surface area (TPSA) is 56.8 Å². The number of hydrogen-bond donors (Lipinski definition) is 0. The fourth-order valence-corrected chi connectivity index (χ4v) is 3.91. The number of amides is 2. The number of carbonyl (C=O) groups excluding carboxylic acids is 2. The first-order valence-electron chi connectivity index (χ1n) is 10.4. The molecule has 32 heavy (non-hydrogen) atoms. The smallest absolute Gasteiger partial charge is 0.338 e. The molecule has 0 atom stereocenters. The minimum Gasteiger partial charge on any atom is -0.338 e. The molecule has 0 bridgehead atoms. The van der Waals surface area contributed by atoms with Crippen molar-refractivity contribution in [3.63, 3.8) is 0 Å². The number of carbonyl (C=O) groups is 2. The van der Waals surface area contributed by atoms with Gasteiger partial charge in [-0.15, -0.1) is 0 Å². The Morgan fingerprint density at radius 2 is 1.81 bits per heavy atom. The van der Waals surface area contributed by atoms with E-state index in [2.05, 4.69) is 23.2 Å². The molecule has 4 rings (SSSR count). The van der Waals surface area contributed by atoms with Gasteiger partial charge in [-0.05, 0) is 29.7 Å². The van der Waals surface area contributed by atoms with Gasteiger partial charge < -0.3 is 4.90 Å². The molecule has 2 aliphatic rings. The second kappa shape index (κ2) is 9.12.